The van der Waals surface area contributed by atoms with Gasteiger partial charge < -0.3 is 19.3 Å². The summed E-state index contributed by atoms with van der Waals surface area (Å²) in [6, 6.07) is 45.9. The van der Waals surface area contributed by atoms with Crippen LogP contribution >= 0.6 is 0 Å². The Morgan fingerprint density at radius 1 is 0.478 bits per heavy atom. The van der Waals surface area contributed by atoms with Crippen LogP contribution in [0, 0.1) is 34.3 Å². The number of fused-ring (bicyclic) bond motifs is 10. The van der Waals surface area contributed by atoms with Crippen LogP contribution in [0.4, 0.5) is 22.7 Å². The number of aryl methyl sites for hydroxylation is 2. The van der Waals surface area contributed by atoms with Gasteiger partial charge in [-0.25, -0.2) is 37.3 Å². The predicted molar refractivity (Wildman–Crippen MR) is 334 cm³/mol. The molecule has 7 aromatic rings. The van der Waals surface area contributed by atoms with Gasteiger partial charge >= 0.3 is 0 Å². The van der Waals surface area contributed by atoms with E-state index in [-0.39, 0.29) is 21.7 Å². The van der Waals surface area contributed by atoms with Gasteiger partial charge in [-0.15, -0.1) is 20.5 Å². The minimum Gasteiger partial charge on any atom is -0.497 e. The molecule has 7 aromatic carbocycles. The van der Waals surface area contributed by atoms with Crippen LogP contribution in [0.1, 0.15) is 136 Å². The predicted octanol–water partition coefficient (Wildman–Crippen LogP) is 7.85. The molecule has 0 unspecified atom stereocenters. The molecule has 0 atom stereocenters. The first-order valence-electron chi connectivity index (χ1n) is 31.0. The summed E-state index contributed by atoms with van der Waals surface area (Å²) in [7, 11) is -1.72. The van der Waals surface area contributed by atoms with Gasteiger partial charge in [0, 0.05) is 94.2 Å². The average molecular weight is 1260 g/mol. The summed E-state index contributed by atoms with van der Waals surface area (Å²) in [6.45, 7) is 15.7. The number of methoxy groups -OCH3 is 2. The van der Waals surface area contributed by atoms with Gasteiger partial charge in [-0.1, -0.05) is 123 Å². The SMILES string of the molecule is COc1cc(C)c2c(c1)C1(CCCCC1)/C(=C\C=C\C1=[N+](Cc3ccc(C[N+]4=C(/C=C/C=C5/N(C)c6c(C)cc(OC)cc6C56CCCCC6)C(C)(C)c5c4ccc4ccccc54)cc3)c3ccc4ccccc4c3C1(C)C)N2C.[O-][Cl+3]([O-])([O-])[O-].[O-][Cl+3]([O-])([O-])[O-]. The van der Waals surface area contributed by atoms with Crippen LogP contribution in [0.3, 0.4) is 0 Å². The minimum absolute atomic E-state index is 0.0120. The summed E-state index contributed by atoms with van der Waals surface area (Å²) >= 11 is 0. The lowest BCUT2D eigenvalue weighted by Gasteiger charge is -2.36. The maximum absolute atomic E-state index is 8.49. The first-order chi connectivity index (χ1) is 42.7. The molecule has 16 heteroatoms. The third-order valence-corrected chi connectivity index (χ3v) is 20.1. The number of halogens is 2. The van der Waals surface area contributed by atoms with Gasteiger partial charge in [-0.3, -0.25) is 0 Å². The Kier molecular flexibility index (Phi) is 17.7. The van der Waals surface area contributed by atoms with Gasteiger partial charge in [0.15, 0.2) is 24.5 Å². The number of rotatable bonds is 10. The fourth-order valence-corrected chi connectivity index (χ4v) is 16.4. The Morgan fingerprint density at radius 3 is 1.17 bits per heavy atom. The molecule has 0 amide bonds. The highest BCUT2D eigenvalue weighted by atomic mass is 35.7. The van der Waals surface area contributed by atoms with Crippen molar-refractivity contribution in [3.8, 4) is 11.5 Å². The smallest absolute Gasteiger partial charge is 0.210 e. The van der Waals surface area contributed by atoms with Crippen LogP contribution in [0.5, 0.6) is 11.5 Å². The molecule has 470 valence electrons. The summed E-state index contributed by atoms with van der Waals surface area (Å²) in [4.78, 5) is 4.98. The third kappa shape index (κ3) is 12.0. The summed E-state index contributed by atoms with van der Waals surface area (Å²) in [6.07, 6.45) is 26.7. The molecule has 0 N–H and O–H groups in total. The van der Waals surface area contributed by atoms with Crippen molar-refractivity contribution in [3.63, 3.8) is 0 Å². The Balaban J connectivity index is 0.000000775. The van der Waals surface area contributed by atoms with Crippen LogP contribution < -0.4 is 56.5 Å². The lowest BCUT2D eigenvalue weighted by molar-refractivity contribution is -2.00. The Labute approximate surface area is 533 Å². The number of likely N-dealkylation sites (N-methyl/N-ethyl adjacent to an activating group) is 2. The monoisotopic (exact) mass is 1250 g/mol. The number of nitrogens with zero attached hydrogens (tertiary/aromatic N) is 4. The summed E-state index contributed by atoms with van der Waals surface area (Å²) in [5.41, 5.74) is 21.1. The Morgan fingerprint density at radius 2 is 0.822 bits per heavy atom. The van der Waals surface area contributed by atoms with Crippen LogP contribution in [-0.2, 0) is 34.7 Å². The molecule has 0 radical (unpaired) electrons. The third-order valence-electron chi connectivity index (χ3n) is 20.1. The summed E-state index contributed by atoms with van der Waals surface area (Å²) < 4.78 is 84.9. The standard InChI is InChI=1S/C74H80N4O2.2ClHO4/c1-49-43-55(79-9)45-59-69(49)75(7)65(73(59)39-17-11-18-40-73)29-21-27-63-71(3,4)67-57-25-15-13-23-53(57)35-37-61(67)77(63)47-51-31-33-52(34-32-51)48-78-62-38-36-54-24-14-16-26-58(54)68(62)72(5,6)64(78)28-22-30-66-74(41-19-12-20-42-74)60-46-56(80-10)44-50(2)70(60)76(66)8;2*2-1(3,4)5/h13-16,21-38,43-46H,11-12,17-20,39-42,47-48H2,1-10H3;2*(H,2,3,4,5)/q+2;;/p-2. The lowest BCUT2D eigenvalue weighted by atomic mass is 9.68. The maximum Gasteiger partial charge on any atom is 0.210 e. The zero-order chi connectivity index (χ0) is 64.3. The maximum atomic E-state index is 8.49. The quantitative estimate of drug-likeness (QED) is 0.120. The van der Waals surface area contributed by atoms with E-state index in [9.17, 15) is 0 Å². The highest BCUT2D eigenvalue weighted by Gasteiger charge is 2.51. The van der Waals surface area contributed by atoms with E-state index in [1.54, 1.807) is 14.2 Å². The van der Waals surface area contributed by atoms with Crippen molar-refractivity contribution >= 4 is 55.7 Å². The molecular formula is C74H80Cl2N4O10. The number of ether oxygens (including phenoxy) is 2. The topological polar surface area (TPSA) is 215 Å². The van der Waals surface area contributed by atoms with E-state index in [1.807, 2.05) is 0 Å². The van der Waals surface area contributed by atoms with Crippen molar-refractivity contribution in [2.45, 2.75) is 141 Å². The fraction of sp³-hybridized carbons (Fsp3) is 0.351. The first kappa shape index (κ1) is 64.4. The molecule has 0 saturated heterocycles. The van der Waals surface area contributed by atoms with E-state index in [1.165, 1.54) is 150 Å². The number of benzene rings is 7. The number of hydrogen-bond donors (Lipinski definition) is 0. The van der Waals surface area contributed by atoms with E-state index >= 15 is 0 Å². The first-order valence-corrected chi connectivity index (χ1v) is 33.5. The van der Waals surface area contributed by atoms with Gasteiger partial charge in [-0.2, -0.15) is 9.15 Å². The van der Waals surface area contributed by atoms with Gasteiger partial charge in [0.2, 0.25) is 11.4 Å². The van der Waals surface area contributed by atoms with E-state index in [0.717, 1.165) is 50.3 Å². The van der Waals surface area contributed by atoms with Crippen LogP contribution in [0.15, 0.2) is 169 Å². The van der Waals surface area contributed by atoms with Gasteiger partial charge in [0.25, 0.3) is 0 Å². The molecule has 4 heterocycles. The Bertz CT molecular complexity index is 3840. The van der Waals surface area contributed by atoms with E-state index in [4.69, 9.17) is 46.7 Å². The highest BCUT2D eigenvalue weighted by Crippen LogP contribution is 2.59. The Hall–Kier alpha value is -7.18. The molecule has 2 aliphatic carbocycles. The molecule has 14 nitrogen and oxygen atoms in total. The zero-order valence-electron chi connectivity index (χ0n) is 53.1. The minimum atomic E-state index is -4.94. The van der Waals surface area contributed by atoms with Crippen molar-refractivity contribution < 1.29 is 76.4 Å². The molecule has 0 aromatic heterocycles. The number of anilines is 2. The molecule has 0 bridgehead atoms. The fourth-order valence-electron chi connectivity index (χ4n) is 16.4. The molecule has 6 aliphatic rings. The molecule has 2 spiro atoms. The van der Waals surface area contributed by atoms with E-state index in [2.05, 4.69) is 232 Å². The zero-order valence-corrected chi connectivity index (χ0v) is 54.6. The molecule has 2 fully saturated rings. The van der Waals surface area contributed by atoms with Crippen LogP contribution in [-0.4, -0.2) is 48.9 Å². The van der Waals surface area contributed by atoms with Crippen molar-refractivity contribution in [1.82, 2.24) is 0 Å². The second-order valence-electron chi connectivity index (χ2n) is 26.0. The van der Waals surface area contributed by atoms with Crippen LogP contribution in [0.2, 0.25) is 0 Å². The largest absolute Gasteiger partial charge is 0.497 e. The summed E-state index contributed by atoms with van der Waals surface area (Å²) in [5, 5.41) is 5.23. The van der Waals surface area contributed by atoms with Gasteiger partial charge in [-0.05, 0) is 160 Å². The van der Waals surface area contributed by atoms with Gasteiger partial charge in [0.1, 0.15) is 11.5 Å². The van der Waals surface area contributed by atoms with Crippen LogP contribution in [0.25, 0.3) is 21.5 Å². The summed E-state index contributed by atoms with van der Waals surface area (Å²) in [5.74, 6) is 1.92. The average Bonchev–Trinajstić information content (AvgIpc) is 1.60. The normalized spacial score (nSPS) is 19.5. The van der Waals surface area contributed by atoms with E-state index in [0.29, 0.717) is 0 Å². The van der Waals surface area contributed by atoms with Crippen molar-refractivity contribution in [2.75, 3.05) is 38.1 Å². The highest BCUT2D eigenvalue weighted by molar-refractivity contribution is 6.09. The second kappa shape index (κ2) is 24.8. The van der Waals surface area contributed by atoms with Gasteiger partial charge in [0.05, 0.1) is 25.0 Å². The molecular weight excluding hydrogens is 1180 g/mol. The lowest BCUT2D eigenvalue weighted by Crippen LogP contribution is -2.68. The van der Waals surface area contributed by atoms with Crippen molar-refractivity contribution in [2.24, 2.45) is 0 Å². The molecule has 2 saturated carbocycles. The number of allylic oxidation sites excluding steroid dienone is 8. The molecule has 90 heavy (non-hydrogen) atoms. The number of hydrogen-bond acceptors (Lipinski definition) is 12. The van der Waals surface area contributed by atoms with Crippen molar-refractivity contribution in [3.05, 3.63) is 214 Å². The van der Waals surface area contributed by atoms with Crippen molar-refractivity contribution in [1.29, 1.82) is 0 Å². The second-order valence-corrected chi connectivity index (χ2v) is 27.5. The van der Waals surface area contributed by atoms with E-state index < -0.39 is 20.5 Å². The molecule has 13 rings (SSSR count). The molecule has 4 aliphatic heterocycles.